The van der Waals surface area contributed by atoms with Gasteiger partial charge in [0.25, 0.3) is 0 Å². The van der Waals surface area contributed by atoms with Crippen LogP contribution in [-0.4, -0.2) is 44.9 Å². The van der Waals surface area contributed by atoms with Gasteiger partial charge in [0.1, 0.15) is 13.2 Å². The van der Waals surface area contributed by atoms with Crippen LogP contribution in [0.15, 0.2) is 60.7 Å². The molecule has 0 heterocycles. The summed E-state index contributed by atoms with van der Waals surface area (Å²) in [5.41, 5.74) is 1.34. The van der Waals surface area contributed by atoms with Gasteiger partial charge in [-0.3, -0.25) is 0 Å². The molecule has 0 spiro atoms. The van der Waals surface area contributed by atoms with E-state index < -0.39 is 31.7 Å². The lowest BCUT2D eigenvalue weighted by Crippen LogP contribution is -2.44. The highest BCUT2D eigenvalue weighted by Gasteiger charge is 2.52. The van der Waals surface area contributed by atoms with Crippen LogP contribution in [0.5, 0.6) is 0 Å². The Bertz CT molecular complexity index is 777. The number of ether oxygens (including phenoxy) is 5. The highest BCUT2D eigenvalue weighted by Crippen LogP contribution is 2.33. The molecule has 2 rings (SSSR count). The molecule has 0 fully saturated rings. The molecule has 5 nitrogen and oxygen atoms in total. The first kappa shape index (κ1) is 26.1. The summed E-state index contributed by atoms with van der Waals surface area (Å²) in [4.78, 5) is 0. The Balaban J connectivity index is 1.66. The summed E-state index contributed by atoms with van der Waals surface area (Å²) in [6.45, 7) is -3.79. The van der Waals surface area contributed by atoms with Gasteiger partial charge in [-0.15, -0.1) is 8.78 Å². The molecule has 2 aromatic carbocycles. The summed E-state index contributed by atoms with van der Waals surface area (Å²) < 4.78 is 102. The number of rotatable bonds is 15. The highest BCUT2D eigenvalue weighted by atomic mass is 19.3. The second-order valence-electron chi connectivity index (χ2n) is 6.51. The zero-order chi connectivity index (χ0) is 23.5. The molecule has 0 aromatic heterocycles. The van der Waals surface area contributed by atoms with E-state index in [2.05, 4.69) is 18.9 Å². The maximum Gasteiger partial charge on any atom is 0.495 e. The van der Waals surface area contributed by atoms with Crippen molar-refractivity contribution < 1.29 is 50.0 Å². The van der Waals surface area contributed by atoms with Gasteiger partial charge >= 0.3 is 18.5 Å². The van der Waals surface area contributed by atoms with Crippen LogP contribution in [0.4, 0.5) is 26.3 Å². The molecule has 11 heteroatoms. The third-order valence-corrected chi connectivity index (χ3v) is 3.67. The maximum atomic E-state index is 13.5. The van der Waals surface area contributed by atoms with E-state index in [-0.39, 0.29) is 26.4 Å². The Morgan fingerprint density at radius 1 is 0.531 bits per heavy atom. The summed E-state index contributed by atoms with van der Waals surface area (Å²) >= 11 is 0. The Morgan fingerprint density at radius 3 is 1.44 bits per heavy atom. The van der Waals surface area contributed by atoms with Gasteiger partial charge in [-0.1, -0.05) is 60.7 Å². The lowest BCUT2D eigenvalue weighted by atomic mass is 10.2. The Labute approximate surface area is 180 Å². The van der Waals surface area contributed by atoms with Crippen molar-refractivity contribution in [1.82, 2.24) is 0 Å². The topological polar surface area (TPSA) is 46.2 Å². The second kappa shape index (κ2) is 12.2. The normalized spacial score (nSPS) is 12.8. The summed E-state index contributed by atoms with van der Waals surface area (Å²) in [7, 11) is 0. The van der Waals surface area contributed by atoms with Gasteiger partial charge in [0, 0.05) is 0 Å². The van der Waals surface area contributed by atoms with E-state index in [1.807, 2.05) is 6.07 Å². The molecule has 0 saturated carbocycles. The van der Waals surface area contributed by atoms with E-state index >= 15 is 0 Å². The van der Waals surface area contributed by atoms with E-state index in [1.165, 1.54) is 0 Å². The molecular formula is C21H22F6O5. The van der Waals surface area contributed by atoms with Gasteiger partial charge in [0.15, 0.2) is 0 Å². The van der Waals surface area contributed by atoms with Crippen LogP contribution in [0, 0.1) is 0 Å². The highest BCUT2D eigenvalue weighted by molar-refractivity contribution is 5.14. The average Bonchev–Trinajstić information content (AvgIpc) is 2.70. The monoisotopic (exact) mass is 468 g/mol. The summed E-state index contributed by atoms with van der Waals surface area (Å²) in [5, 5.41) is 0. The minimum absolute atomic E-state index is 0.102. The van der Waals surface area contributed by atoms with Crippen LogP contribution in [0.2, 0.25) is 0 Å². The maximum absolute atomic E-state index is 13.5. The first-order valence-electron chi connectivity index (χ1n) is 9.42. The van der Waals surface area contributed by atoms with E-state index in [9.17, 15) is 26.3 Å². The van der Waals surface area contributed by atoms with Crippen LogP contribution in [0.1, 0.15) is 11.1 Å². The lowest BCUT2D eigenvalue weighted by Gasteiger charge is -2.26. The molecule has 0 amide bonds. The van der Waals surface area contributed by atoms with E-state index in [0.29, 0.717) is 5.56 Å². The lowest BCUT2D eigenvalue weighted by molar-refractivity contribution is -0.518. The molecule has 2 aromatic rings. The number of hydrogen-bond donors (Lipinski definition) is 0. The Hall–Kier alpha value is -2.18. The van der Waals surface area contributed by atoms with Crippen molar-refractivity contribution in [3.63, 3.8) is 0 Å². The molecule has 0 bridgehead atoms. The van der Waals surface area contributed by atoms with Gasteiger partial charge in [-0.2, -0.15) is 17.6 Å². The standard InChI is InChI=1S/C21H22F6O5/c22-19(23,15-29-12-11-28-13-17-7-3-1-4-8-17)31-21(26,27)32-20(24,25)16-30-14-18-9-5-2-6-10-18/h1-10H,11-16H2. The molecule has 0 aliphatic rings. The fraction of sp³-hybridized carbons (Fsp3) is 0.429. The number of alkyl halides is 6. The SMILES string of the molecule is FC(F)(COCCOCc1ccccc1)OC(F)(F)OC(F)(F)COCc1ccccc1. The van der Waals surface area contributed by atoms with Crippen molar-refractivity contribution in [3.05, 3.63) is 71.8 Å². The largest absolute Gasteiger partial charge is 0.495 e. The molecule has 0 atom stereocenters. The first-order chi connectivity index (χ1) is 15.1. The minimum Gasteiger partial charge on any atom is -0.374 e. The summed E-state index contributed by atoms with van der Waals surface area (Å²) in [5.74, 6) is 0. The van der Waals surface area contributed by atoms with Gasteiger partial charge in [-0.25, -0.2) is 9.47 Å². The molecule has 0 aliphatic heterocycles. The molecule has 0 saturated heterocycles. The zero-order valence-electron chi connectivity index (χ0n) is 16.8. The van der Waals surface area contributed by atoms with Crippen LogP contribution in [0.25, 0.3) is 0 Å². The van der Waals surface area contributed by atoms with Gasteiger partial charge in [0.2, 0.25) is 0 Å². The zero-order valence-corrected chi connectivity index (χ0v) is 16.8. The fourth-order valence-electron chi connectivity index (χ4n) is 2.36. The fourth-order valence-corrected chi connectivity index (χ4v) is 2.36. The smallest absolute Gasteiger partial charge is 0.374 e. The summed E-state index contributed by atoms with van der Waals surface area (Å²) in [6, 6.07) is 17.0. The number of benzene rings is 2. The van der Waals surface area contributed by atoms with Crippen LogP contribution in [-0.2, 0) is 36.9 Å². The molecular weight excluding hydrogens is 446 g/mol. The van der Waals surface area contributed by atoms with Crippen LogP contribution >= 0.6 is 0 Å². The molecule has 0 unspecified atom stereocenters. The molecule has 0 aliphatic carbocycles. The summed E-state index contributed by atoms with van der Waals surface area (Å²) in [6.07, 6.45) is -14.5. The second-order valence-corrected chi connectivity index (χ2v) is 6.51. The van der Waals surface area contributed by atoms with E-state index in [4.69, 9.17) is 4.74 Å². The van der Waals surface area contributed by atoms with Crippen molar-refractivity contribution in [2.45, 2.75) is 31.7 Å². The van der Waals surface area contributed by atoms with Crippen LogP contribution < -0.4 is 0 Å². The average molecular weight is 468 g/mol. The van der Waals surface area contributed by atoms with Crippen molar-refractivity contribution in [1.29, 1.82) is 0 Å². The molecule has 178 valence electrons. The Morgan fingerprint density at radius 2 is 0.938 bits per heavy atom. The van der Waals surface area contributed by atoms with Crippen molar-refractivity contribution >= 4 is 0 Å². The van der Waals surface area contributed by atoms with Crippen molar-refractivity contribution in [3.8, 4) is 0 Å². The van der Waals surface area contributed by atoms with Gasteiger partial charge in [-0.05, 0) is 11.1 Å². The number of halogens is 6. The van der Waals surface area contributed by atoms with Crippen molar-refractivity contribution in [2.75, 3.05) is 26.4 Å². The van der Waals surface area contributed by atoms with Crippen molar-refractivity contribution in [2.24, 2.45) is 0 Å². The van der Waals surface area contributed by atoms with E-state index in [0.717, 1.165) is 5.56 Å². The Kier molecular flexibility index (Phi) is 9.91. The minimum atomic E-state index is -5.30. The molecule has 0 N–H and O–H groups in total. The third kappa shape index (κ3) is 10.9. The third-order valence-electron chi connectivity index (χ3n) is 3.67. The molecule has 32 heavy (non-hydrogen) atoms. The quantitative estimate of drug-likeness (QED) is 0.204. The predicted octanol–water partition coefficient (Wildman–Crippen LogP) is 5.21. The van der Waals surface area contributed by atoms with Gasteiger partial charge < -0.3 is 14.2 Å². The van der Waals surface area contributed by atoms with E-state index in [1.54, 1.807) is 54.6 Å². The first-order valence-corrected chi connectivity index (χ1v) is 9.42. The van der Waals surface area contributed by atoms with Gasteiger partial charge in [0.05, 0.1) is 26.4 Å². The predicted molar refractivity (Wildman–Crippen MR) is 100 cm³/mol. The molecule has 0 radical (unpaired) electrons. The van der Waals surface area contributed by atoms with Crippen LogP contribution in [0.3, 0.4) is 0 Å². The number of hydrogen-bond acceptors (Lipinski definition) is 5.